The summed E-state index contributed by atoms with van der Waals surface area (Å²) >= 11 is 0. The first-order valence-corrected chi connectivity index (χ1v) is 8.78. The molecule has 1 rings (SSSR count). The summed E-state index contributed by atoms with van der Waals surface area (Å²) < 4.78 is 6.38. The SMILES string of the molecule is CCCNC(C(C)CC)C1(OCC)CCC(C)(C)CC1. The van der Waals surface area contributed by atoms with E-state index in [4.69, 9.17) is 4.74 Å². The van der Waals surface area contributed by atoms with Crippen molar-refractivity contribution < 1.29 is 4.74 Å². The summed E-state index contributed by atoms with van der Waals surface area (Å²) in [5.74, 6) is 0.675. The molecule has 1 aliphatic carbocycles. The van der Waals surface area contributed by atoms with E-state index in [2.05, 4.69) is 46.9 Å². The molecule has 0 aromatic heterocycles. The van der Waals surface area contributed by atoms with Crippen LogP contribution in [0.1, 0.15) is 80.1 Å². The highest BCUT2D eigenvalue weighted by Gasteiger charge is 2.45. The number of nitrogens with one attached hydrogen (secondary N) is 1. The average Bonchev–Trinajstić information content (AvgIpc) is 2.42. The van der Waals surface area contributed by atoms with Crippen LogP contribution in [0.4, 0.5) is 0 Å². The van der Waals surface area contributed by atoms with Crippen molar-refractivity contribution in [1.82, 2.24) is 5.32 Å². The topological polar surface area (TPSA) is 21.3 Å². The van der Waals surface area contributed by atoms with E-state index in [0.717, 1.165) is 13.2 Å². The highest BCUT2D eigenvalue weighted by atomic mass is 16.5. The summed E-state index contributed by atoms with van der Waals surface area (Å²) in [6, 6.07) is 0.503. The molecule has 0 aromatic rings. The minimum atomic E-state index is 0.0644. The van der Waals surface area contributed by atoms with E-state index in [1.54, 1.807) is 0 Å². The van der Waals surface area contributed by atoms with Gasteiger partial charge in [0.1, 0.15) is 0 Å². The summed E-state index contributed by atoms with van der Waals surface area (Å²) in [5.41, 5.74) is 0.556. The first-order valence-electron chi connectivity index (χ1n) is 8.78. The van der Waals surface area contributed by atoms with Crippen molar-refractivity contribution in [1.29, 1.82) is 0 Å². The summed E-state index contributed by atoms with van der Waals surface area (Å²) in [6.45, 7) is 15.8. The first kappa shape index (κ1) is 18.0. The Kier molecular flexibility index (Phi) is 7.00. The van der Waals surface area contributed by atoms with Gasteiger partial charge >= 0.3 is 0 Å². The van der Waals surface area contributed by atoms with Gasteiger partial charge in [-0.1, -0.05) is 41.0 Å². The van der Waals surface area contributed by atoms with Gasteiger partial charge in [-0.3, -0.25) is 0 Å². The highest BCUT2D eigenvalue weighted by Crippen LogP contribution is 2.45. The zero-order chi connectivity index (χ0) is 15.2. The second kappa shape index (κ2) is 7.79. The molecule has 0 amide bonds. The Balaban J connectivity index is 2.89. The molecule has 0 bridgehead atoms. The second-order valence-electron chi connectivity index (χ2n) is 7.48. The lowest BCUT2D eigenvalue weighted by molar-refractivity contribution is -0.116. The molecule has 2 nitrogen and oxygen atoms in total. The molecule has 2 unspecified atom stereocenters. The molecule has 1 N–H and O–H groups in total. The van der Waals surface area contributed by atoms with Gasteiger partial charge in [0.2, 0.25) is 0 Å². The van der Waals surface area contributed by atoms with Crippen LogP contribution in [0.25, 0.3) is 0 Å². The maximum Gasteiger partial charge on any atom is 0.0837 e. The van der Waals surface area contributed by atoms with Gasteiger partial charge in [0.05, 0.1) is 5.60 Å². The van der Waals surface area contributed by atoms with E-state index in [1.807, 2.05) is 0 Å². The Labute approximate surface area is 127 Å². The predicted octanol–water partition coefficient (Wildman–Crippen LogP) is 4.78. The van der Waals surface area contributed by atoms with E-state index in [-0.39, 0.29) is 5.60 Å². The van der Waals surface area contributed by atoms with E-state index >= 15 is 0 Å². The first-order chi connectivity index (χ1) is 9.40. The van der Waals surface area contributed by atoms with Crippen molar-refractivity contribution in [3.05, 3.63) is 0 Å². The molecule has 1 saturated carbocycles. The Morgan fingerprint density at radius 2 is 1.65 bits per heavy atom. The molecule has 120 valence electrons. The van der Waals surface area contributed by atoms with E-state index in [9.17, 15) is 0 Å². The number of ether oxygens (including phenoxy) is 1. The zero-order valence-corrected chi connectivity index (χ0v) is 14.7. The largest absolute Gasteiger partial charge is 0.374 e. The molecule has 0 heterocycles. The third kappa shape index (κ3) is 4.46. The highest BCUT2D eigenvalue weighted by molar-refractivity contribution is 5.00. The van der Waals surface area contributed by atoms with Crippen LogP contribution in [0.3, 0.4) is 0 Å². The third-order valence-electron chi connectivity index (χ3n) is 5.28. The van der Waals surface area contributed by atoms with E-state index < -0.39 is 0 Å². The van der Waals surface area contributed by atoms with Crippen LogP contribution in [0.5, 0.6) is 0 Å². The maximum absolute atomic E-state index is 6.38. The molecule has 2 heteroatoms. The molecule has 1 aliphatic rings. The molecule has 0 aromatic carbocycles. The second-order valence-corrected chi connectivity index (χ2v) is 7.48. The summed E-state index contributed by atoms with van der Waals surface area (Å²) in [4.78, 5) is 0. The monoisotopic (exact) mass is 283 g/mol. The van der Waals surface area contributed by atoms with Crippen LogP contribution < -0.4 is 5.32 Å². The quantitative estimate of drug-likeness (QED) is 0.692. The summed E-state index contributed by atoms with van der Waals surface area (Å²) in [6.07, 6.45) is 7.40. The van der Waals surface area contributed by atoms with Crippen molar-refractivity contribution in [3.8, 4) is 0 Å². The third-order valence-corrected chi connectivity index (χ3v) is 5.28. The van der Waals surface area contributed by atoms with Crippen LogP contribution in [-0.4, -0.2) is 24.8 Å². The lowest BCUT2D eigenvalue weighted by Crippen LogP contribution is -2.58. The minimum absolute atomic E-state index is 0.0644. The number of hydrogen-bond acceptors (Lipinski definition) is 2. The van der Waals surface area contributed by atoms with E-state index in [1.165, 1.54) is 38.5 Å². The van der Waals surface area contributed by atoms with Crippen molar-refractivity contribution in [2.45, 2.75) is 91.7 Å². The molecule has 20 heavy (non-hydrogen) atoms. The standard InChI is InChI=1S/C18H37NO/c1-7-14-19-16(15(4)8-2)18(20-9-3)12-10-17(5,6)11-13-18/h15-16,19H,7-14H2,1-6H3. The van der Waals surface area contributed by atoms with Gasteiger partial charge in [0.25, 0.3) is 0 Å². The fourth-order valence-electron chi connectivity index (χ4n) is 3.62. The molecule has 1 fully saturated rings. The molecular weight excluding hydrogens is 246 g/mol. The molecular formula is C18H37NO. The Morgan fingerprint density at radius 3 is 2.10 bits per heavy atom. The van der Waals surface area contributed by atoms with Gasteiger partial charge in [0.15, 0.2) is 0 Å². The lowest BCUT2D eigenvalue weighted by Gasteiger charge is -2.49. The smallest absolute Gasteiger partial charge is 0.0837 e. The van der Waals surface area contributed by atoms with Gasteiger partial charge in [-0.05, 0) is 56.9 Å². The van der Waals surface area contributed by atoms with Gasteiger partial charge < -0.3 is 10.1 Å². The Bertz CT molecular complexity index is 265. The van der Waals surface area contributed by atoms with Crippen molar-refractivity contribution >= 4 is 0 Å². The fraction of sp³-hybridized carbons (Fsp3) is 1.00. The van der Waals surface area contributed by atoms with Crippen LogP contribution in [0.15, 0.2) is 0 Å². The minimum Gasteiger partial charge on any atom is -0.374 e. The predicted molar refractivity (Wildman–Crippen MR) is 88.1 cm³/mol. The normalized spacial score (nSPS) is 24.3. The molecule has 0 aliphatic heterocycles. The van der Waals surface area contributed by atoms with Crippen molar-refractivity contribution in [3.63, 3.8) is 0 Å². The molecule has 0 radical (unpaired) electrons. The van der Waals surface area contributed by atoms with Crippen molar-refractivity contribution in [2.24, 2.45) is 11.3 Å². The number of rotatable bonds is 8. The van der Waals surface area contributed by atoms with Gasteiger partial charge in [-0.25, -0.2) is 0 Å². The van der Waals surface area contributed by atoms with E-state index in [0.29, 0.717) is 17.4 Å². The van der Waals surface area contributed by atoms with Crippen LogP contribution in [0, 0.1) is 11.3 Å². The summed E-state index contributed by atoms with van der Waals surface area (Å²) in [7, 11) is 0. The number of hydrogen-bond donors (Lipinski definition) is 1. The van der Waals surface area contributed by atoms with Crippen LogP contribution in [-0.2, 0) is 4.74 Å². The molecule has 2 atom stereocenters. The van der Waals surface area contributed by atoms with Crippen LogP contribution in [0.2, 0.25) is 0 Å². The zero-order valence-electron chi connectivity index (χ0n) is 14.7. The molecule has 0 spiro atoms. The Morgan fingerprint density at radius 1 is 1.05 bits per heavy atom. The fourth-order valence-corrected chi connectivity index (χ4v) is 3.62. The molecule has 0 saturated heterocycles. The van der Waals surface area contributed by atoms with Gasteiger partial charge in [0, 0.05) is 12.6 Å². The van der Waals surface area contributed by atoms with Crippen molar-refractivity contribution in [2.75, 3.05) is 13.2 Å². The van der Waals surface area contributed by atoms with Gasteiger partial charge in [-0.15, -0.1) is 0 Å². The van der Waals surface area contributed by atoms with Gasteiger partial charge in [-0.2, -0.15) is 0 Å². The average molecular weight is 284 g/mol. The Hall–Kier alpha value is -0.0800. The lowest BCUT2D eigenvalue weighted by atomic mass is 9.66. The van der Waals surface area contributed by atoms with Crippen LogP contribution >= 0.6 is 0 Å². The summed E-state index contributed by atoms with van der Waals surface area (Å²) in [5, 5.41) is 3.82. The maximum atomic E-state index is 6.38.